The van der Waals surface area contributed by atoms with Crippen LogP contribution in [0, 0.1) is 28.6 Å². The Balaban J connectivity index is 1.82. The molecule has 3 aliphatic rings. The van der Waals surface area contributed by atoms with Gasteiger partial charge in [0.15, 0.2) is 6.29 Å². The SMILES string of the molecule is C=C1CC[C@@H]2C(C)(C)CCC[C@@]2(C)[C@@H]1C[C@@H]1O[C@@H](OC)C[C@H]1C=O. The third-order valence-electron chi connectivity index (χ3n) is 7.49. The maximum absolute atomic E-state index is 11.5. The second-order valence-corrected chi connectivity index (χ2v) is 9.26. The van der Waals surface area contributed by atoms with E-state index in [0.717, 1.165) is 25.0 Å². The minimum atomic E-state index is -0.228. The molecule has 0 N–H and O–H groups in total. The van der Waals surface area contributed by atoms with E-state index in [4.69, 9.17) is 9.47 Å². The van der Waals surface area contributed by atoms with E-state index in [9.17, 15) is 4.79 Å². The van der Waals surface area contributed by atoms with Crippen molar-refractivity contribution in [2.24, 2.45) is 28.6 Å². The smallest absolute Gasteiger partial charge is 0.158 e. The van der Waals surface area contributed by atoms with Crippen molar-refractivity contribution < 1.29 is 14.3 Å². The lowest BCUT2D eigenvalue weighted by Crippen LogP contribution is -2.50. The number of ether oxygens (including phenoxy) is 2. The van der Waals surface area contributed by atoms with Crippen molar-refractivity contribution in [3.05, 3.63) is 12.2 Å². The summed E-state index contributed by atoms with van der Waals surface area (Å²) < 4.78 is 11.4. The number of aldehydes is 1. The van der Waals surface area contributed by atoms with Gasteiger partial charge in [0.1, 0.15) is 6.29 Å². The van der Waals surface area contributed by atoms with E-state index in [2.05, 4.69) is 27.4 Å². The molecular formula is C21H34O3. The first-order chi connectivity index (χ1) is 11.3. The number of hydrogen-bond donors (Lipinski definition) is 0. The summed E-state index contributed by atoms with van der Waals surface area (Å²) in [5.41, 5.74) is 2.07. The third kappa shape index (κ3) is 2.99. The second kappa shape index (κ2) is 6.57. The van der Waals surface area contributed by atoms with Crippen molar-refractivity contribution >= 4 is 6.29 Å². The monoisotopic (exact) mass is 334 g/mol. The van der Waals surface area contributed by atoms with Crippen molar-refractivity contribution in [2.45, 2.75) is 78.1 Å². The zero-order chi connectivity index (χ0) is 17.5. The fourth-order valence-corrected chi connectivity index (χ4v) is 6.19. The molecule has 136 valence electrons. The van der Waals surface area contributed by atoms with Gasteiger partial charge in [0.2, 0.25) is 0 Å². The van der Waals surface area contributed by atoms with Crippen LogP contribution in [0.1, 0.15) is 65.7 Å². The van der Waals surface area contributed by atoms with Gasteiger partial charge in [0.25, 0.3) is 0 Å². The van der Waals surface area contributed by atoms with Crippen LogP contribution in [0.3, 0.4) is 0 Å². The maximum atomic E-state index is 11.5. The molecule has 0 amide bonds. The second-order valence-electron chi connectivity index (χ2n) is 9.26. The molecule has 3 heteroatoms. The van der Waals surface area contributed by atoms with Gasteiger partial charge in [0, 0.05) is 19.4 Å². The Morgan fingerprint density at radius 2 is 2.08 bits per heavy atom. The van der Waals surface area contributed by atoms with Crippen LogP contribution in [0.15, 0.2) is 12.2 Å². The van der Waals surface area contributed by atoms with E-state index < -0.39 is 0 Å². The molecule has 3 rings (SSSR count). The molecule has 0 spiro atoms. The van der Waals surface area contributed by atoms with Crippen molar-refractivity contribution in [3.8, 4) is 0 Å². The number of hydrogen-bond acceptors (Lipinski definition) is 3. The number of carbonyl (C=O) groups excluding carboxylic acids is 1. The Hall–Kier alpha value is -0.670. The molecule has 0 aromatic rings. The quantitative estimate of drug-likeness (QED) is 0.550. The third-order valence-corrected chi connectivity index (χ3v) is 7.49. The first-order valence-electron chi connectivity index (χ1n) is 9.63. The maximum Gasteiger partial charge on any atom is 0.158 e. The lowest BCUT2D eigenvalue weighted by Gasteiger charge is -2.58. The topological polar surface area (TPSA) is 35.5 Å². The van der Waals surface area contributed by atoms with Crippen LogP contribution in [0.25, 0.3) is 0 Å². The highest BCUT2D eigenvalue weighted by Gasteiger charge is 2.54. The molecule has 0 aromatic carbocycles. The molecule has 6 atom stereocenters. The van der Waals surface area contributed by atoms with Crippen LogP contribution in [-0.4, -0.2) is 25.8 Å². The highest BCUT2D eigenvalue weighted by Crippen LogP contribution is 2.62. The van der Waals surface area contributed by atoms with Crippen molar-refractivity contribution in [1.29, 1.82) is 0 Å². The normalized spacial score (nSPS) is 45.0. The average Bonchev–Trinajstić information content (AvgIpc) is 2.92. The van der Waals surface area contributed by atoms with Gasteiger partial charge in [-0.15, -0.1) is 0 Å². The molecule has 1 saturated heterocycles. The average molecular weight is 335 g/mol. The summed E-state index contributed by atoms with van der Waals surface area (Å²) in [6.07, 6.45) is 8.73. The number of rotatable bonds is 4. The minimum absolute atomic E-state index is 0.0187. The van der Waals surface area contributed by atoms with Crippen LogP contribution >= 0.6 is 0 Å². The Bertz CT molecular complexity index is 497. The molecule has 0 bridgehead atoms. The molecule has 2 aliphatic carbocycles. The van der Waals surface area contributed by atoms with Gasteiger partial charge < -0.3 is 14.3 Å². The van der Waals surface area contributed by atoms with E-state index in [1.165, 1.54) is 31.3 Å². The first kappa shape index (κ1) is 18.1. The molecule has 0 aromatic heterocycles. The highest BCUT2D eigenvalue weighted by molar-refractivity contribution is 5.55. The molecule has 0 unspecified atom stereocenters. The summed E-state index contributed by atoms with van der Waals surface area (Å²) in [5, 5.41) is 0. The van der Waals surface area contributed by atoms with Gasteiger partial charge in [-0.05, 0) is 54.8 Å². The highest BCUT2D eigenvalue weighted by atomic mass is 16.7. The Labute approximate surface area is 147 Å². The summed E-state index contributed by atoms with van der Waals surface area (Å²) >= 11 is 0. The van der Waals surface area contributed by atoms with Crippen LogP contribution in [0.4, 0.5) is 0 Å². The summed E-state index contributed by atoms with van der Waals surface area (Å²) in [4.78, 5) is 11.5. The molecule has 24 heavy (non-hydrogen) atoms. The van der Waals surface area contributed by atoms with Crippen molar-refractivity contribution in [3.63, 3.8) is 0 Å². The molecule has 3 nitrogen and oxygen atoms in total. The number of fused-ring (bicyclic) bond motifs is 1. The number of allylic oxidation sites excluding steroid dienone is 1. The van der Waals surface area contributed by atoms with E-state index in [1.54, 1.807) is 7.11 Å². The largest absolute Gasteiger partial charge is 0.356 e. The summed E-state index contributed by atoms with van der Waals surface area (Å²) in [6, 6.07) is 0. The molecule has 2 saturated carbocycles. The summed E-state index contributed by atoms with van der Waals surface area (Å²) in [7, 11) is 1.66. The van der Waals surface area contributed by atoms with Gasteiger partial charge in [0.05, 0.1) is 6.10 Å². The van der Waals surface area contributed by atoms with E-state index in [-0.39, 0.29) is 18.3 Å². The van der Waals surface area contributed by atoms with Crippen LogP contribution in [-0.2, 0) is 14.3 Å². The summed E-state index contributed by atoms with van der Waals surface area (Å²) in [5.74, 6) is 1.16. The van der Waals surface area contributed by atoms with E-state index in [1.807, 2.05) is 0 Å². The van der Waals surface area contributed by atoms with Crippen LogP contribution in [0.2, 0.25) is 0 Å². The zero-order valence-electron chi connectivity index (χ0n) is 15.8. The van der Waals surface area contributed by atoms with Gasteiger partial charge in [-0.1, -0.05) is 39.3 Å². The number of methoxy groups -OCH3 is 1. The fourth-order valence-electron chi connectivity index (χ4n) is 6.19. The minimum Gasteiger partial charge on any atom is -0.356 e. The number of carbonyl (C=O) groups is 1. The lowest BCUT2D eigenvalue weighted by atomic mass is 9.47. The standard InChI is InChI=1S/C21H34O3/c1-14-7-8-18-20(2,3)9-6-10-21(18,4)16(14)12-17-15(13-22)11-19(23-5)24-17/h13,15-19H,1,6-12H2,2-5H3/t15-,16+,17-,18+,19+,21-/m0/s1. The van der Waals surface area contributed by atoms with E-state index >= 15 is 0 Å². The van der Waals surface area contributed by atoms with Gasteiger partial charge in [-0.3, -0.25) is 0 Å². The van der Waals surface area contributed by atoms with Crippen LogP contribution in [0.5, 0.6) is 0 Å². The predicted molar refractivity (Wildman–Crippen MR) is 95.6 cm³/mol. The molecule has 0 radical (unpaired) electrons. The van der Waals surface area contributed by atoms with Crippen molar-refractivity contribution in [2.75, 3.05) is 7.11 Å². The fraction of sp³-hybridized carbons (Fsp3) is 0.857. The van der Waals surface area contributed by atoms with E-state index in [0.29, 0.717) is 23.2 Å². The molecule has 1 heterocycles. The Kier molecular flexibility index (Phi) is 4.96. The zero-order valence-corrected chi connectivity index (χ0v) is 15.8. The molecular weight excluding hydrogens is 300 g/mol. The Morgan fingerprint density at radius 3 is 2.75 bits per heavy atom. The molecule has 3 fully saturated rings. The van der Waals surface area contributed by atoms with Crippen molar-refractivity contribution in [1.82, 2.24) is 0 Å². The first-order valence-corrected chi connectivity index (χ1v) is 9.63. The summed E-state index contributed by atoms with van der Waals surface area (Å²) in [6.45, 7) is 11.8. The molecule has 1 aliphatic heterocycles. The predicted octanol–water partition coefficient (Wildman–Crippen LogP) is 4.75. The van der Waals surface area contributed by atoms with Gasteiger partial charge in [-0.2, -0.15) is 0 Å². The lowest BCUT2D eigenvalue weighted by molar-refractivity contribution is -0.131. The Morgan fingerprint density at radius 1 is 1.33 bits per heavy atom. The van der Waals surface area contributed by atoms with Crippen LogP contribution < -0.4 is 0 Å². The van der Waals surface area contributed by atoms with Gasteiger partial charge >= 0.3 is 0 Å². The van der Waals surface area contributed by atoms with Gasteiger partial charge in [-0.25, -0.2) is 0 Å².